The largest absolute Gasteiger partial charge is 0.481 e. The first-order valence-electron chi connectivity index (χ1n) is 17.6. The maximum Gasteiger partial charge on any atom is 0.243 e. The Bertz CT molecular complexity index is 1110. The van der Waals surface area contributed by atoms with Gasteiger partial charge in [0.15, 0.2) is 0 Å². The number of carbonyl (C=O) groups is 3. The smallest absolute Gasteiger partial charge is 0.243 e. The lowest BCUT2D eigenvalue weighted by molar-refractivity contribution is -0.131. The van der Waals surface area contributed by atoms with Crippen molar-refractivity contribution in [1.82, 2.24) is 20.9 Å². The molecule has 1 aliphatic carbocycles. The monoisotopic (exact) mass is 661 g/mol. The lowest BCUT2D eigenvalue weighted by Crippen LogP contribution is -2.56. The van der Waals surface area contributed by atoms with Gasteiger partial charge in [-0.1, -0.05) is 41.5 Å². The number of aromatic nitrogens is 1. The lowest BCUT2D eigenvalue weighted by atomic mass is 9.80. The average molecular weight is 662 g/mol. The summed E-state index contributed by atoms with van der Waals surface area (Å²) in [5.41, 5.74) is 7.63. The number of aliphatic hydroxyl groups is 1. The Labute approximate surface area is 282 Å². The molecule has 11 nitrogen and oxygen atoms in total. The fraction of sp³-hybridized carbons (Fsp3) is 0.778. The molecule has 0 spiro atoms. The number of methoxy groups -OCH3 is 2. The molecule has 0 unspecified atom stereocenters. The quantitative estimate of drug-likeness (QED) is 0.111. The zero-order valence-corrected chi connectivity index (χ0v) is 30.1. The standard InChI is InChI=1S/C36H63N5O6/c1-22(2)28(16-26-15-27(11-9-10-14-46-7)36(47-8)39-21-26)17-30(40-35(45)33(24(5)6)41-32(43)19-37)31(42)18-29(23(3)4)34(44)38-20-25-12-13-25/h15,21-25,28-31,33,42H,9-14,16-20,37H2,1-8H3,(H,38,44)(H,40,45)(H,41,43)/t28-,29-,30-,31-,33-/m0/s1. The Balaban J connectivity index is 2.34. The fourth-order valence-corrected chi connectivity index (χ4v) is 5.96. The topological polar surface area (TPSA) is 165 Å². The fourth-order valence-electron chi connectivity index (χ4n) is 5.96. The van der Waals surface area contributed by atoms with Crippen molar-refractivity contribution in [3.05, 3.63) is 23.4 Å². The van der Waals surface area contributed by atoms with Crippen LogP contribution in [0.3, 0.4) is 0 Å². The number of hydrogen-bond acceptors (Lipinski definition) is 8. The van der Waals surface area contributed by atoms with E-state index in [1.54, 1.807) is 14.2 Å². The van der Waals surface area contributed by atoms with Crippen molar-refractivity contribution >= 4 is 17.7 Å². The molecule has 47 heavy (non-hydrogen) atoms. The first-order valence-corrected chi connectivity index (χ1v) is 17.6. The molecule has 1 saturated carbocycles. The van der Waals surface area contributed by atoms with Crippen LogP contribution >= 0.6 is 0 Å². The van der Waals surface area contributed by atoms with Gasteiger partial charge in [-0.05, 0) is 92.6 Å². The minimum atomic E-state index is -0.984. The summed E-state index contributed by atoms with van der Waals surface area (Å²) in [5.74, 6) is -0.0191. The summed E-state index contributed by atoms with van der Waals surface area (Å²) in [6, 6.07) is 0.685. The number of nitrogens with zero attached hydrogens (tertiary/aromatic N) is 1. The van der Waals surface area contributed by atoms with E-state index in [4.69, 9.17) is 15.2 Å². The SMILES string of the molecule is COCCCCc1cc(C[C@@H](C[C@H](NC(=O)[C@@H](NC(=O)CN)C(C)C)[C@@H](O)C[C@H](C(=O)NCC2CC2)C(C)C)C(C)C)cnc1OC. The summed E-state index contributed by atoms with van der Waals surface area (Å²) >= 11 is 0. The number of aryl methyl sites for hydroxylation is 1. The molecule has 6 N–H and O–H groups in total. The van der Waals surface area contributed by atoms with Gasteiger partial charge in [0.05, 0.1) is 25.8 Å². The average Bonchev–Trinajstić information content (AvgIpc) is 3.86. The number of unbranched alkanes of at least 4 members (excludes halogenated alkanes) is 1. The van der Waals surface area contributed by atoms with Crippen LogP contribution in [0.25, 0.3) is 0 Å². The highest BCUT2D eigenvalue weighted by Gasteiger charge is 2.35. The number of ether oxygens (including phenoxy) is 2. The van der Waals surface area contributed by atoms with E-state index in [1.165, 1.54) is 0 Å². The Morgan fingerprint density at radius 1 is 0.979 bits per heavy atom. The molecule has 1 aliphatic rings. The molecule has 0 bridgehead atoms. The summed E-state index contributed by atoms with van der Waals surface area (Å²) in [6.45, 7) is 13.1. The normalized spacial score (nSPS) is 16.4. The molecule has 0 aliphatic heterocycles. The molecular formula is C36H63N5O6. The zero-order chi connectivity index (χ0) is 35.1. The first kappa shape index (κ1) is 40.4. The summed E-state index contributed by atoms with van der Waals surface area (Å²) in [7, 11) is 3.33. The summed E-state index contributed by atoms with van der Waals surface area (Å²) in [4.78, 5) is 43.7. The van der Waals surface area contributed by atoms with Gasteiger partial charge in [-0.25, -0.2) is 4.98 Å². The Morgan fingerprint density at radius 2 is 1.68 bits per heavy atom. The molecule has 11 heteroatoms. The first-order chi connectivity index (χ1) is 22.3. The number of aliphatic hydroxyl groups excluding tert-OH is 1. The zero-order valence-electron chi connectivity index (χ0n) is 30.1. The molecule has 0 radical (unpaired) electrons. The van der Waals surface area contributed by atoms with Crippen LogP contribution in [0.1, 0.15) is 91.2 Å². The van der Waals surface area contributed by atoms with Gasteiger partial charge in [0.2, 0.25) is 23.6 Å². The van der Waals surface area contributed by atoms with E-state index >= 15 is 0 Å². The van der Waals surface area contributed by atoms with E-state index in [-0.39, 0.29) is 48.5 Å². The second kappa shape index (κ2) is 20.6. The number of pyridine rings is 1. The second-order valence-corrected chi connectivity index (χ2v) is 14.4. The number of nitrogens with two attached hydrogens (primary N) is 1. The van der Waals surface area contributed by atoms with Crippen molar-refractivity contribution in [2.45, 2.75) is 111 Å². The minimum Gasteiger partial charge on any atom is -0.481 e. The number of nitrogens with one attached hydrogen (secondary N) is 3. The van der Waals surface area contributed by atoms with Gasteiger partial charge < -0.3 is 36.3 Å². The van der Waals surface area contributed by atoms with Crippen molar-refractivity contribution in [1.29, 1.82) is 0 Å². The molecule has 1 fully saturated rings. The summed E-state index contributed by atoms with van der Waals surface area (Å²) in [6.07, 6.45) is 7.21. The summed E-state index contributed by atoms with van der Waals surface area (Å²) < 4.78 is 10.7. The maximum atomic E-state index is 13.7. The van der Waals surface area contributed by atoms with Crippen LogP contribution in [0.2, 0.25) is 0 Å². The molecule has 1 aromatic heterocycles. The highest BCUT2D eigenvalue weighted by molar-refractivity contribution is 5.88. The molecule has 1 heterocycles. The third-order valence-electron chi connectivity index (χ3n) is 9.36. The van der Waals surface area contributed by atoms with Crippen LogP contribution in [0.4, 0.5) is 0 Å². The van der Waals surface area contributed by atoms with Crippen molar-refractivity contribution in [3.8, 4) is 5.88 Å². The molecule has 0 aromatic carbocycles. The molecule has 0 saturated heterocycles. The Kier molecular flexibility index (Phi) is 17.7. The molecule has 5 atom stereocenters. The van der Waals surface area contributed by atoms with E-state index in [2.05, 4.69) is 40.8 Å². The predicted octanol–water partition coefficient (Wildman–Crippen LogP) is 3.40. The molecular weight excluding hydrogens is 598 g/mol. The van der Waals surface area contributed by atoms with E-state index in [0.717, 1.165) is 43.2 Å². The highest BCUT2D eigenvalue weighted by atomic mass is 16.5. The molecule has 268 valence electrons. The maximum absolute atomic E-state index is 13.7. The highest BCUT2D eigenvalue weighted by Crippen LogP contribution is 2.30. The third-order valence-corrected chi connectivity index (χ3v) is 9.36. The van der Waals surface area contributed by atoms with Crippen LogP contribution in [0, 0.1) is 35.5 Å². The van der Waals surface area contributed by atoms with E-state index in [0.29, 0.717) is 37.8 Å². The molecule has 3 amide bonds. The number of hydrogen-bond donors (Lipinski definition) is 5. The molecule has 1 aromatic rings. The van der Waals surface area contributed by atoms with Crippen molar-refractivity contribution < 1.29 is 29.0 Å². The van der Waals surface area contributed by atoms with Crippen LogP contribution in [-0.4, -0.2) is 79.9 Å². The van der Waals surface area contributed by atoms with Crippen LogP contribution in [0.15, 0.2) is 12.3 Å². The Hall–Kier alpha value is -2.76. The van der Waals surface area contributed by atoms with Crippen molar-refractivity contribution in [3.63, 3.8) is 0 Å². The number of rotatable bonds is 23. The van der Waals surface area contributed by atoms with E-state index in [1.807, 2.05) is 33.9 Å². The van der Waals surface area contributed by atoms with Gasteiger partial charge in [0.25, 0.3) is 0 Å². The van der Waals surface area contributed by atoms with Crippen LogP contribution < -0.4 is 26.4 Å². The van der Waals surface area contributed by atoms with Gasteiger partial charge in [0, 0.05) is 37.9 Å². The van der Waals surface area contributed by atoms with Gasteiger partial charge >= 0.3 is 0 Å². The van der Waals surface area contributed by atoms with Crippen LogP contribution in [0.5, 0.6) is 5.88 Å². The number of carbonyl (C=O) groups excluding carboxylic acids is 3. The predicted molar refractivity (Wildman–Crippen MR) is 185 cm³/mol. The van der Waals surface area contributed by atoms with Gasteiger partial charge in [-0.15, -0.1) is 0 Å². The van der Waals surface area contributed by atoms with Gasteiger partial charge in [-0.2, -0.15) is 0 Å². The minimum absolute atomic E-state index is 0.000962. The van der Waals surface area contributed by atoms with Crippen LogP contribution in [-0.2, 0) is 32.0 Å². The Morgan fingerprint density at radius 3 is 2.23 bits per heavy atom. The second-order valence-electron chi connectivity index (χ2n) is 14.4. The van der Waals surface area contributed by atoms with Crippen molar-refractivity contribution in [2.75, 3.05) is 33.9 Å². The lowest BCUT2D eigenvalue weighted by Gasteiger charge is -2.34. The van der Waals surface area contributed by atoms with Gasteiger partial charge in [0.1, 0.15) is 6.04 Å². The third kappa shape index (κ3) is 14.1. The van der Waals surface area contributed by atoms with Crippen molar-refractivity contribution in [2.24, 2.45) is 41.2 Å². The summed E-state index contributed by atoms with van der Waals surface area (Å²) in [5, 5.41) is 20.7. The number of amides is 3. The van der Waals surface area contributed by atoms with Gasteiger partial charge in [-0.3, -0.25) is 14.4 Å². The van der Waals surface area contributed by atoms with E-state index < -0.39 is 30.0 Å². The molecule has 2 rings (SSSR count). The van der Waals surface area contributed by atoms with E-state index in [9.17, 15) is 19.5 Å².